The molecule has 0 fully saturated rings. The maximum Gasteiger partial charge on any atom is 0.330 e. The Morgan fingerprint density at radius 2 is 2.00 bits per heavy atom. The first kappa shape index (κ1) is 11.6. The third-order valence-electron chi connectivity index (χ3n) is 2.74. The number of hydrogen-bond acceptors (Lipinski definition) is 3. The van der Waals surface area contributed by atoms with Crippen LogP contribution in [0.25, 0.3) is 11.2 Å². The normalized spacial score (nSPS) is 11.2. The summed E-state index contributed by atoms with van der Waals surface area (Å²) >= 11 is 0. The molecule has 6 heteroatoms. The molecule has 0 bridgehead atoms. The summed E-state index contributed by atoms with van der Waals surface area (Å²) in [4.78, 5) is 32.6. The zero-order valence-electron chi connectivity index (χ0n) is 10.0. The van der Waals surface area contributed by atoms with E-state index in [1.165, 1.54) is 4.57 Å². The number of aryl methyl sites for hydroxylation is 2. The van der Waals surface area contributed by atoms with Crippen LogP contribution in [-0.2, 0) is 6.54 Å². The highest BCUT2D eigenvalue weighted by atomic mass is 16.2. The van der Waals surface area contributed by atoms with E-state index >= 15 is 0 Å². The fraction of sp³-hybridized carbons (Fsp3) is 0.545. The lowest BCUT2D eigenvalue weighted by Crippen LogP contribution is -2.30. The summed E-state index contributed by atoms with van der Waals surface area (Å²) in [7, 11) is 0. The van der Waals surface area contributed by atoms with Crippen molar-refractivity contribution >= 4 is 11.2 Å². The predicted octanol–water partition coefficient (Wildman–Crippen LogP) is 0.912. The Kier molecular flexibility index (Phi) is 3.12. The molecule has 0 aliphatic heterocycles. The van der Waals surface area contributed by atoms with Gasteiger partial charge in [0, 0.05) is 6.54 Å². The average Bonchev–Trinajstić information content (AvgIpc) is 2.65. The molecule has 0 radical (unpaired) electrons. The molecule has 0 aromatic carbocycles. The molecule has 2 rings (SSSR count). The summed E-state index contributed by atoms with van der Waals surface area (Å²) in [6.07, 6.45) is 3.04. The third kappa shape index (κ3) is 2.15. The zero-order valence-corrected chi connectivity index (χ0v) is 10.0. The van der Waals surface area contributed by atoms with Gasteiger partial charge in [0.15, 0.2) is 5.65 Å². The SMILES string of the molecule is CCCCCn1c(=O)[nH]c(=O)c2[nH]c(C)nc21. The second-order valence-corrected chi connectivity index (χ2v) is 4.14. The van der Waals surface area contributed by atoms with Crippen molar-refractivity contribution in [1.29, 1.82) is 0 Å². The van der Waals surface area contributed by atoms with Crippen LogP contribution in [0.4, 0.5) is 0 Å². The Morgan fingerprint density at radius 3 is 2.71 bits per heavy atom. The number of hydrogen-bond donors (Lipinski definition) is 2. The number of rotatable bonds is 4. The van der Waals surface area contributed by atoms with Crippen LogP contribution >= 0.6 is 0 Å². The lowest BCUT2D eigenvalue weighted by Gasteiger charge is -2.04. The minimum atomic E-state index is -0.405. The molecule has 0 saturated carbocycles. The van der Waals surface area contributed by atoms with Crippen LogP contribution in [0.3, 0.4) is 0 Å². The molecule has 0 spiro atoms. The van der Waals surface area contributed by atoms with Crippen molar-refractivity contribution in [3.8, 4) is 0 Å². The number of nitrogens with zero attached hydrogens (tertiary/aromatic N) is 2. The first-order chi connectivity index (χ1) is 8.13. The fourth-order valence-corrected chi connectivity index (χ4v) is 1.88. The van der Waals surface area contributed by atoms with E-state index in [1.807, 2.05) is 0 Å². The Bertz CT molecular complexity index is 635. The number of aromatic nitrogens is 4. The lowest BCUT2D eigenvalue weighted by molar-refractivity contribution is 0.588. The highest BCUT2D eigenvalue weighted by Crippen LogP contribution is 2.05. The van der Waals surface area contributed by atoms with Crippen molar-refractivity contribution in [3.05, 3.63) is 26.7 Å². The van der Waals surface area contributed by atoms with Gasteiger partial charge in [-0.2, -0.15) is 0 Å². The summed E-state index contributed by atoms with van der Waals surface area (Å²) in [5.74, 6) is 0.639. The fourth-order valence-electron chi connectivity index (χ4n) is 1.88. The van der Waals surface area contributed by atoms with Gasteiger partial charge in [0.1, 0.15) is 11.3 Å². The molecule has 0 aliphatic carbocycles. The Morgan fingerprint density at radius 1 is 1.24 bits per heavy atom. The molecule has 2 heterocycles. The van der Waals surface area contributed by atoms with Crippen LogP contribution in [0.2, 0.25) is 0 Å². The van der Waals surface area contributed by atoms with Crippen LogP contribution < -0.4 is 11.2 Å². The molecule has 2 aromatic heterocycles. The van der Waals surface area contributed by atoms with E-state index in [0.717, 1.165) is 19.3 Å². The van der Waals surface area contributed by atoms with E-state index in [2.05, 4.69) is 21.9 Å². The van der Waals surface area contributed by atoms with Gasteiger partial charge in [-0.1, -0.05) is 19.8 Å². The van der Waals surface area contributed by atoms with Crippen LogP contribution in [0.15, 0.2) is 9.59 Å². The first-order valence-electron chi connectivity index (χ1n) is 5.83. The molecular formula is C11H16N4O2. The van der Waals surface area contributed by atoms with Crippen molar-refractivity contribution in [3.63, 3.8) is 0 Å². The number of imidazole rings is 1. The molecule has 0 unspecified atom stereocenters. The topological polar surface area (TPSA) is 83.5 Å². The summed E-state index contributed by atoms with van der Waals surface area (Å²) in [6.45, 7) is 4.45. The summed E-state index contributed by atoms with van der Waals surface area (Å²) in [5.41, 5.74) is 0.0356. The summed E-state index contributed by atoms with van der Waals surface area (Å²) in [5, 5.41) is 0. The Labute approximate surface area is 97.7 Å². The van der Waals surface area contributed by atoms with Gasteiger partial charge in [-0.15, -0.1) is 0 Å². The van der Waals surface area contributed by atoms with Crippen LogP contribution in [0.1, 0.15) is 32.0 Å². The van der Waals surface area contributed by atoms with Crippen molar-refractivity contribution in [2.45, 2.75) is 39.7 Å². The molecule has 6 nitrogen and oxygen atoms in total. The molecule has 0 amide bonds. The highest BCUT2D eigenvalue weighted by molar-refractivity contribution is 5.69. The van der Waals surface area contributed by atoms with E-state index in [-0.39, 0.29) is 5.69 Å². The zero-order chi connectivity index (χ0) is 12.4. The van der Waals surface area contributed by atoms with Gasteiger partial charge in [-0.25, -0.2) is 9.78 Å². The van der Waals surface area contributed by atoms with Gasteiger partial charge in [0.25, 0.3) is 5.56 Å². The third-order valence-corrected chi connectivity index (χ3v) is 2.74. The highest BCUT2D eigenvalue weighted by Gasteiger charge is 2.10. The maximum atomic E-state index is 11.7. The van der Waals surface area contributed by atoms with E-state index in [1.54, 1.807) is 6.92 Å². The smallest absolute Gasteiger partial charge is 0.330 e. The lowest BCUT2D eigenvalue weighted by atomic mass is 10.2. The molecule has 0 atom stereocenters. The molecule has 0 saturated heterocycles. The van der Waals surface area contributed by atoms with E-state index in [4.69, 9.17) is 0 Å². The maximum absolute atomic E-state index is 11.7. The van der Waals surface area contributed by atoms with Gasteiger partial charge in [0.05, 0.1) is 0 Å². The first-order valence-corrected chi connectivity index (χ1v) is 5.83. The van der Waals surface area contributed by atoms with Gasteiger partial charge in [-0.3, -0.25) is 14.3 Å². The van der Waals surface area contributed by atoms with Crippen molar-refractivity contribution < 1.29 is 0 Å². The molecule has 2 N–H and O–H groups in total. The second-order valence-electron chi connectivity index (χ2n) is 4.14. The van der Waals surface area contributed by atoms with E-state index in [9.17, 15) is 9.59 Å². The molecule has 2 aromatic rings. The Balaban J connectivity index is 2.53. The standard InChI is InChI=1S/C11H16N4O2/c1-3-4-5-6-15-9-8(12-7(2)13-9)10(16)14-11(15)17/h3-6H2,1-2H3,(H,12,13)(H,14,16,17). The predicted molar refractivity (Wildman–Crippen MR) is 65.2 cm³/mol. The number of unbranched alkanes of at least 4 members (excludes halogenated alkanes) is 2. The van der Waals surface area contributed by atoms with Gasteiger partial charge >= 0.3 is 5.69 Å². The average molecular weight is 236 g/mol. The monoisotopic (exact) mass is 236 g/mol. The van der Waals surface area contributed by atoms with Crippen LogP contribution in [0.5, 0.6) is 0 Å². The number of aromatic amines is 2. The minimum Gasteiger partial charge on any atom is -0.336 e. The molecular weight excluding hydrogens is 220 g/mol. The van der Waals surface area contributed by atoms with Gasteiger partial charge in [0.2, 0.25) is 0 Å². The van der Waals surface area contributed by atoms with Crippen LogP contribution in [0, 0.1) is 6.92 Å². The van der Waals surface area contributed by atoms with Crippen molar-refractivity contribution in [1.82, 2.24) is 19.5 Å². The summed E-state index contributed by atoms with van der Waals surface area (Å²) in [6, 6.07) is 0. The van der Waals surface area contributed by atoms with E-state index in [0.29, 0.717) is 23.5 Å². The number of fused-ring (bicyclic) bond motifs is 1. The molecule has 17 heavy (non-hydrogen) atoms. The number of nitrogens with one attached hydrogen (secondary N) is 2. The quantitative estimate of drug-likeness (QED) is 0.774. The minimum absolute atomic E-state index is 0.374. The molecule has 92 valence electrons. The van der Waals surface area contributed by atoms with Crippen molar-refractivity contribution in [2.24, 2.45) is 0 Å². The largest absolute Gasteiger partial charge is 0.336 e. The van der Waals surface area contributed by atoms with Gasteiger partial charge in [-0.05, 0) is 13.3 Å². The van der Waals surface area contributed by atoms with E-state index < -0.39 is 5.56 Å². The van der Waals surface area contributed by atoms with Crippen LogP contribution in [-0.4, -0.2) is 19.5 Å². The van der Waals surface area contributed by atoms with Crippen molar-refractivity contribution in [2.75, 3.05) is 0 Å². The molecule has 0 aliphatic rings. The van der Waals surface area contributed by atoms with Gasteiger partial charge < -0.3 is 4.98 Å². The number of H-pyrrole nitrogens is 2. The second kappa shape index (κ2) is 4.57. The summed E-state index contributed by atoms with van der Waals surface area (Å²) < 4.78 is 1.52. The Hall–Kier alpha value is -1.85.